The van der Waals surface area contributed by atoms with Gasteiger partial charge in [0.1, 0.15) is 11.4 Å². The number of halogens is 1. The number of ketones is 1. The summed E-state index contributed by atoms with van der Waals surface area (Å²) in [6.07, 6.45) is 1.76. The molecule has 2 heterocycles. The van der Waals surface area contributed by atoms with Gasteiger partial charge in [-0.05, 0) is 102 Å². The van der Waals surface area contributed by atoms with E-state index in [4.69, 9.17) is 21.1 Å². The molecule has 1 saturated heterocycles. The fourth-order valence-electron chi connectivity index (χ4n) is 5.55. The fraction of sp³-hybridized carbons (Fsp3) is 0.471. The third kappa shape index (κ3) is 8.21. The summed E-state index contributed by atoms with van der Waals surface area (Å²) in [6, 6.07) is 18.4. The van der Waals surface area contributed by atoms with Crippen LogP contribution in [0, 0.1) is 25.7 Å². The van der Waals surface area contributed by atoms with Crippen LogP contribution in [0.5, 0.6) is 5.75 Å². The molecule has 7 heteroatoms. The number of carbonyl (C=O) groups is 2. The lowest BCUT2D eigenvalue weighted by Crippen LogP contribution is -2.43. The molecule has 2 aromatic carbocycles. The molecular formula is C34H42ClNO4S. The van der Waals surface area contributed by atoms with Gasteiger partial charge in [-0.25, -0.2) is 4.79 Å². The summed E-state index contributed by atoms with van der Waals surface area (Å²) in [4.78, 5) is 29.5. The first-order valence-corrected chi connectivity index (χ1v) is 15.5. The summed E-state index contributed by atoms with van der Waals surface area (Å²) in [5, 5.41) is 0. The van der Waals surface area contributed by atoms with Crippen molar-refractivity contribution in [3.63, 3.8) is 0 Å². The molecular weight excluding hydrogens is 554 g/mol. The normalized spacial score (nSPS) is 18.0. The van der Waals surface area contributed by atoms with Crippen LogP contribution in [-0.4, -0.2) is 40.9 Å². The summed E-state index contributed by atoms with van der Waals surface area (Å²) in [5.74, 6) is 0.699. The van der Waals surface area contributed by atoms with E-state index in [1.54, 1.807) is 13.8 Å². The van der Waals surface area contributed by atoms with Crippen LogP contribution in [0.3, 0.4) is 0 Å². The lowest BCUT2D eigenvalue weighted by atomic mass is 9.86. The van der Waals surface area contributed by atoms with Gasteiger partial charge in [-0.2, -0.15) is 0 Å². The Morgan fingerprint density at radius 1 is 0.951 bits per heavy atom. The molecule has 220 valence electrons. The Hall–Kier alpha value is -2.67. The van der Waals surface area contributed by atoms with Crippen LogP contribution in [0.25, 0.3) is 0 Å². The highest BCUT2D eigenvalue weighted by Gasteiger charge is 2.38. The highest BCUT2D eigenvalue weighted by molar-refractivity contribution is 7.18. The number of carbonyl (C=O) groups excluding carboxylic acids is 2. The van der Waals surface area contributed by atoms with E-state index >= 15 is 0 Å². The van der Waals surface area contributed by atoms with Crippen molar-refractivity contribution in [1.29, 1.82) is 0 Å². The quantitative estimate of drug-likeness (QED) is 0.175. The van der Waals surface area contributed by atoms with Gasteiger partial charge < -0.3 is 9.47 Å². The number of hydrogen-bond donors (Lipinski definition) is 0. The summed E-state index contributed by atoms with van der Waals surface area (Å²) in [6.45, 7) is 15.5. The highest BCUT2D eigenvalue weighted by Crippen LogP contribution is 2.35. The van der Waals surface area contributed by atoms with Gasteiger partial charge in [0.2, 0.25) is 0 Å². The number of hydrogen-bond acceptors (Lipinski definition) is 6. The van der Waals surface area contributed by atoms with Crippen molar-refractivity contribution in [1.82, 2.24) is 4.90 Å². The van der Waals surface area contributed by atoms with Crippen molar-refractivity contribution >= 4 is 34.7 Å². The molecule has 1 aliphatic rings. The van der Waals surface area contributed by atoms with Crippen LogP contribution in [0.1, 0.15) is 73.0 Å². The lowest BCUT2D eigenvalue weighted by Gasteiger charge is -2.30. The van der Waals surface area contributed by atoms with Gasteiger partial charge >= 0.3 is 5.97 Å². The number of nitrogens with zero attached hydrogens (tertiary/aromatic N) is 1. The summed E-state index contributed by atoms with van der Waals surface area (Å²) < 4.78 is 12.5. The molecule has 0 aliphatic carbocycles. The standard InChI is InChI=1S/C34H42ClNO4S/c1-22-17-25(18-23(2)31(22)39-34(6,7)32(38)40-33(3,4)5)13-14-26-20-36(19-24-11-9-8-10-12-24)21-27(26)30(37)28-15-16-29(35)41-28/h8-12,15-18,26-27H,13-14,19-21H2,1-7H3/t26-,27?/m0/s1. The number of rotatable bonds is 10. The minimum absolute atomic E-state index is 0.0622. The monoisotopic (exact) mass is 595 g/mol. The number of benzene rings is 2. The smallest absolute Gasteiger partial charge is 0.350 e. The fourth-order valence-corrected chi connectivity index (χ4v) is 6.59. The van der Waals surface area contributed by atoms with Crippen LogP contribution >= 0.6 is 22.9 Å². The van der Waals surface area contributed by atoms with E-state index < -0.39 is 17.2 Å². The number of likely N-dealkylation sites (tertiary alicyclic amines) is 1. The second kappa shape index (κ2) is 12.7. The second-order valence-electron chi connectivity index (χ2n) is 12.7. The van der Waals surface area contributed by atoms with E-state index in [2.05, 4.69) is 41.3 Å². The Bertz CT molecular complexity index is 1350. The van der Waals surface area contributed by atoms with Gasteiger partial charge in [0.25, 0.3) is 0 Å². The Labute approximate surface area is 253 Å². The van der Waals surface area contributed by atoms with Gasteiger partial charge in [-0.15, -0.1) is 11.3 Å². The first-order chi connectivity index (χ1) is 19.2. The predicted octanol–water partition coefficient (Wildman–Crippen LogP) is 8.08. The van der Waals surface area contributed by atoms with E-state index in [0.29, 0.717) is 10.1 Å². The van der Waals surface area contributed by atoms with Crippen molar-refractivity contribution in [3.05, 3.63) is 86.1 Å². The molecule has 1 aromatic heterocycles. The maximum Gasteiger partial charge on any atom is 0.350 e. The minimum Gasteiger partial charge on any atom is -0.476 e. The van der Waals surface area contributed by atoms with Crippen molar-refractivity contribution in [2.75, 3.05) is 13.1 Å². The molecule has 0 amide bonds. The van der Waals surface area contributed by atoms with Gasteiger partial charge in [-0.1, -0.05) is 54.1 Å². The molecule has 1 fully saturated rings. The van der Waals surface area contributed by atoms with E-state index in [1.807, 2.05) is 52.8 Å². The Morgan fingerprint density at radius 2 is 1.61 bits per heavy atom. The van der Waals surface area contributed by atoms with Gasteiger partial charge in [0.05, 0.1) is 9.21 Å². The molecule has 0 spiro atoms. The molecule has 0 radical (unpaired) electrons. The molecule has 1 aliphatic heterocycles. The number of Topliss-reactive ketones (excluding diaryl/α,β-unsaturated/α-hetero) is 1. The van der Waals surface area contributed by atoms with Crippen molar-refractivity contribution in [2.24, 2.45) is 11.8 Å². The van der Waals surface area contributed by atoms with Crippen molar-refractivity contribution in [3.8, 4) is 5.75 Å². The average Bonchev–Trinajstić information content (AvgIpc) is 3.50. The van der Waals surface area contributed by atoms with Gasteiger partial charge in [0, 0.05) is 25.6 Å². The van der Waals surface area contributed by atoms with Gasteiger partial charge in [0.15, 0.2) is 11.4 Å². The van der Waals surface area contributed by atoms with Crippen molar-refractivity contribution in [2.45, 2.75) is 79.1 Å². The zero-order chi connectivity index (χ0) is 29.9. The van der Waals surface area contributed by atoms with Crippen LogP contribution in [0.4, 0.5) is 0 Å². The minimum atomic E-state index is -1.12. The maximum atomic E-state index is 13.6. The first kappa shape index (κ1) is 31.3. The van der Waals surface area contributed by atoms with Crippen LogP contribution in [0.2, 0.25) is 4.34 Å². The van der Waals surface area contributed by atoms with E-state index in [-0.39, 0.29) is 17.6 Å². The van der Waals surface area contributed by atoms with Crippen LogP contribution in [-0.2, 0) is 22.5 Å². The van der Waals surface area contributed by atoms with Crippen LogP contribution in [0.15, 0.2) is 54.6 Å². The van der Waals surface area contributed by atoms with Crippen LogP contribution < -0.4 is 4.74 Å². The highest BCUT2D eigenvalue weighted by atomic mass is 35.5. The second-order valence-corrected chi connectivity index (χ2v) is 14.4. The first-order valence-electron chi connectivity index (χ1n) is 14.3. The Morgan fingerprint density at radius 3 is 2.20 bits per heavy atom. The molecule has 0 bridgehead atoms. The lowest BCUT2D eigenvalue weighted by molar-refractivity contribution is -0.171. The molecule has 41 heavy (non-hydrogen) atoms. The SMILES string of the molecule is Cc1cc(CC[C@H]2CN(Cc3ccccc3)CC2C(=O)c2ccc(Cl)s2)cc(C)c1OC(C)(C)C(=O)OC(C)(C)C. The average molecular weight is 596 g/mol. The molecule has 3 aromatic rings. The summed E-state index contributed by atoms with van der Waals surface area (Å²) >= 11 is 7.54. The maximum absolute atomic E-state index is 13.6. The number of thiophene rings is 1. The number of esters is 1. The molecule has 2 atom stereocenters. The molecule has 5 nitrogen and oxygen atoms in total. The van der Waals surface area contributed by atoms with E-state index in [1.165, 1.54) is 22.5 Å². The molecule has 4 rings (SSSR count). The Balaban J connectivity index is 1.47. The topological polar surface area (TPSA) is 55.8 Å². The molecule has 1 unspecified atom stereocenters. The summed E-state index contributed by atoms with van der Waals surface area (Å²) in [7, 11) is 0. The predicted molar refractivity (Wildman–Crippen MR) is 167 cm³/mol. The largest absolute Gasteiger partial charge is 0.476 e. The zero-order valence-corrected chi connectivity index (χ0v) is 26.8. The number of aryl methyl sites for hydroxylation is 3. The van der Waals surface area contributed by atoms with Crippen molar-refractivity contribution < 1.29 is 19.1 Å². The molecule has 0 N–H and O–H groups in total. The van der Waals surface area contributed by atoms with E-state index in [0.717, 1.165) is 48.5 Å². The zero-order valence-electron chi connectivity index (χ0n) is 25.3. The molecule has 0 saturated carbocycles. The third-order valence-corrected chi connectivity index (χ3v) is 8.74. The van der Waals surface area contributed by atoms with Gasteiger partial charge in [-0.3, -0.25) is 9.69 Å². The third-order valence-electron chi connectivity index (χ3n) is 7.49. The Kier molecular flexibility index (Phi) is 9.67. The number of ether oxygens (including phenoxy) is 2. The van der Waals surface area contributed by atoms with E-state index in [9.17, 15) is 9.59 Å². The summed E-state index contributed by atoms with van der Waals surface area (Å²) in [5.41, 5.74) is 2.72.